The summed E-state index contributed by atoms with van der Waals surface area (Å²) in [5.74, 6) is 0. The van der Waals surface area contributed by atoms with Crippen molar-refractivity contribution in [2.45, 2.75) is 20.3 Å². The second-order valence-corrected chi connectivity index (χ2v) is 3.98. The Hall–Kier alpha value is -1.45. The molecule has 1 aromatic rings. The molecule has 0 aliphatic carbocycles. The quantitative estimate of drug-likeness (QED) is 0.777. The number of amides is 2. The van der Waals surface area contributed by atoms with Gasteiger partial charge in [0, 0.05) is 32.0 Å². The number of carbonyl (C=O) groups is 1. The van der Waals surface area contributed by atoms with Gasteiger partial charge in [0.15, 0.2) is 0 Å². The van der Waals surface area contributed by atoms with Crippen LogP contribution in [0.4, 0.5) is 4.79 Å². The number of aromatic amines is 1. The lowest BCUT2D eigenvalue weighted by Crippen LogP contribution is -2.35. The first-order valence-corrected chi connectivity index (χ1v) is 5.11. The molecule has 0 bridgehead atoms. The third-order valence-corrected chi connectivity index (χ3v) is 2.33. The zero-order chi connectivity index (χ0) is 11.4. The van der Waals surface area contributed by atoms with Crippen LogP contribution in [0.3, 0.4) is 0 Å². The van der Waals surface area contributed by atoms with Gasteiger partial charge in [-0.15, -0.1) is 0 Å². The van der Waals surface area contributed by atoms with E-state index in [1.165, 1.54) is 21.9 Å². The summed E-state index contributed by atoms with van der Waals surface area (Å²) in [5, 5.41) is 2.84. The predicted molar refractivity (Wildman–Crippen MR) is 61.1 cm³/mol. The minimum absolute atomic E-state index is 0.0417. The topological polar surface area (TPSA) is 48.1 Å². The Morgan fingerprint density at radius 2 is 2.13 bits per heavy atom. The number of nitrogens with one attached hydrogen (secondary N) is 2. The van der Waals surface area contributed by atoms with Gasteiger partial charge in [-0.1, -0.05) is 0 Å². The standard InChI is InChI=1S/C11H19N3O/c1-8-7-10(9(2)13-8)5-6-12-11(15)14(3)4/h7,13H,5-6H2,1-4H3,(H,12,15). The zero-order valence-electron chi connectivity index (χ0n) is 9.85. The number of urea groups is 1. The molecule has 0 fully saturated rings. The molecule has 0 aromatic carbocycles. The van der Waals surface area contributed by atoms with Crippen LogP contribution in [0.1, 0.15) is 17.0 Å². The maximum Gasteiger partial charge on any atom is 0.316 e. The van der Waals surface area contributed by atoms with Crippen molar-refractivity contribution in [2.75, 3.05) is 20.6 Å². The molecule has 1 rings (SSSR count). The fourth-order valence-corrected chi connectivity index (χ4v) is 1.50. The Morgan fingerprint density at radius 1 is 1.47 bits per heavy atom. The summed E-state index contributed by atoms with van der Waals surface area (Å²) in [5.41, 5.74) is 3.62. The molecule has 1 heterocycles. The fourth-order valence-electron chi connectivity index (χ4n) is 1.50. The molecule has 2 amide bonds. The lowest BCUT2D eigenvalue weighted by Gasteiger charge is -2.11. The van der Waals surface area contributed by atoms with E-state index in [0.29, 0.717) is 6.54 Å². The Kier molecular flexibility index (Phi) is 3.77. The first kappa shape index (κ1) is 11.6. The SMILES string of the molecule is Cc1cc(CCNC(=O)N(C)C)c(C)[nH]1. The third-order valence-electron chi connectivity index (χ3n) is 2.33. The maximum atomic E-state index is 11.2. The molecule has 0 unspecified atom stereocenters. The van der Waals surface area contributed by atoms with Crippen molar-refractivity contribution in [3.63, 3.8) is 0 Å². The summed E-state index contributed by atoms with van der Waals surface area (Å²) in [6.45, 7) is 4.76. The number of aryl methyl sites for hydroxylation is 2. The molecule has 4 nitrogen and oxygen atoms in total. The van der Waals surface area contributed by atoms with Crippen LogP contribution in [-0.4, -0.2) is 36.6 Å². The normalized spacial score (nSPS) is 10.1. The molecule has 2 N–H and O–H groups in total. The highest BCUT2D eigenvalue weighted by atomic mass is 16.2. The van der Waals surface area contributed by atoms with Crippen molar-refractivity contribution in [1.29, 1.82) is 0 Å². The van der Waals surface area contributed by atoms with Gasteiger partial charge in [0.25, 0.3) is 0 Å². The van der Waals surface area contributed by atoms with Gasteiger partial charge in [-0.2, -0.15) is 0 Å². The van der Waals surface area contributed by atoms with E-state index < -0.39 is 0 Å². The summed E-state index contributed by atoms with van der Waals surface area (Å²) in [6.07, 6.45) is 0.871. The van der Waals surface area contributed by atoms with Gasteiger partial charge in [0.05, 0.1) is 0 Å². The van der Waals surface area contributed by atoms with Crippen molar-refractivity contribution >= 4 is 6.03 Å². The smallest absolute Gasteiger partial charge is 0.316 e. The van der Waals surface area contributed by atoms with Crippen LogP contribution in [0.25, 0.3) is 0 Å². The van der Waals surface area contributed by atoms with Crippen molar-refractivity contribution in [3.8, 4) is 0 Å². The van der Waals surface area contributed by atoms with Crippen molar-refractivity contribution in [1.82, 2.24) is 15.2 Å². The van der Waals surface area contributed by atoms with E-state index in [9.17, 15) is 4.79 Å². The molecule has 0 saturated carbocycles. The van der Waals surface area contributed by atoms with Crippen LogP contribution in [0.15, 0.2) is 6.07 Å². The number of rotatable bonds is 3. The molecule has 0 aliphatic heterocycles. The third kappa shape index (κ3) is 3.31. The molecule has 0 atom stereocenters. The van der Waals surface area contributed by atoms with Crippen LogP contribution < -0.4 is 5.32 Å². The summed E-state index contributed by atoms with van der Waals surface area (Å²) < 4.78 is 0. The van der Waals surface area contributed by atoms with Crippen molar-refractivity contribution in [3.05, 3.63) is 23.0 Å². The molecule has 0 spiro atoms. The number of carbonyl (C=O) groups excluding carboxylic acids is 1. The lowest BCUT2D eigenvalue weighted by atomic mass is 10.2. The molecular weight excluding hydrogens is 190 g/mol. The molecule has 84 valence electrons. The molecule has 0 saturated heterocycles. The van der Waals surface area contributed by atoms with Gasteiger partial charge in [-0.25, -0.2) is 4.79 Å². The van der Waals surface area contributed by atoms with E-state index in [4.69, 9.17) is 0 Å². The van der Waals surface area contributed by atoms with Crippen LogP contribution in [0.5, 0.6) is 0 Å². The zero-order valence-corrected chi connectivity index (χ0v) is 9.85. The maximum absolute atomic E-state index is 11.2. The molecule has 0 aliphatic rings. The highest BCUT2D eigenvalue weighted by Gasteiger charge is 2.04. The minimum atomic E-state index is -0.0417. The molecule has 0 radical (unpaired) electrons. The first-order chi connectivity index (χ1) is 7.00. The van der Waals surface area contributed by atoms with E-state index in [-0.39, 0.29) is 6.03 Å². The Labute approximate surface area is 90.7 Å². The van der Waals surface area contributed by atoms with Gasteiger partial charge < -0.3 is 15.2 Å². The van der Waals surface area contributed by atoms with Crippen LogP contribution in [0.2, 0.25) is 0 Å². The molecular formula is C11H19N3O. The van der Waals surface area contributed by atoms with Crippen LogP contribution in [0, 0.1) is 13.8 Å². The van der Waals surface area contributed by atoms with Crippen molar-refractivity contribution in [2.24, 2.45) is 0 Å². The van der Waals surface area contributed by atoms with Crippen LogP contribution in [-0.2, 0) is 6.42 Å². The highest BCUT2D eigenvalue weighted by molar-refractivity contribution is 5.73. The summed E-state index contributed by atoms with van der Waals surface area (Å²) >= 11 is 0. The van der Waals surface area contributed by atoms with Crippen molar-refractivity contribution < 1.29 is 4.79 Å². The van der Waals surface area contributed by atoms with Gasteiger partial charge >= 0.3 is 6.03 Å². The predicted octanol–water partition coefficient (Wildman–Crippen LogP) is 1.45. The lowest BCUT2D eigenvalue weighted by molar-refractivity contribution is 0.217. The fraction of sp³-hybridized carbons (Fsp3) is 0.545. The van der Waals surface area contributed by atoms with E-state index in [0.717, 1.165) is 6.42 Å². The molecule has 4 heteroatoms. The summed E-state index contributed by atoms with van der Waals surface area (Å²) in [7, 11) is 3.47. The average molecular weight is 209 g/mol. The number of aromatic nitrogens is 1. The second-order valence-electron chi connectivity index (χ2n) is 3.98. The molecule has 1 aromatic heterocycles. The molecule has 15 heavy (non-hydrogen) atoms. The number of H-pyrrole nitrogens is 1. The second kappa shape index (κ2) is 4.87. The summed E-state index contributed by atoms with van der Waals surface area (Å²) in [6, 6.07) is 2.08. The first-order valence-electron chi connectivity index (χ1n) is 5.11. The minimum Gasteiger partial charge on any atom is -0.362 e. The van der Waals surface area contributed by atoms with Gasteiger partial charge in [0.2, 0.25) is 0 Å². The number of nitrogens with zero attached hydrogens (tertiary/aromatic N) is 1. The average Bonchev–Trinajstić information content (AvgIpc) is 2.45. The Bertz CT molecular complexity index is 342. The van der Waals surface area contributed by atoms with Crippen LogP contribution >= 0.6 is 0 Å². The largest absolute Gasteiger partial charge is 0.362 e. The van der Waals surface area contributed by atoms with Gasteiger partial charge in [-0.05, 0) is 31.9 Å². The Balaban J connectivity index is 2.38. The summed E-state index contributed by atoms with van der Waals surface area (Å²) in [4.78, 5) is 16.0. The highest BCUT2D eigenvalue weighted by Crippen LogP contribution is 2.09. The Morgan fingerprint density at radius 3 is 2.60 bits per heavy atom. The monoisotopic (exact) mass is 209 g/mol. The van der Waals surface area contributed by atoms with E-state index >= 15 is 0 Å². The van der Waals surface area contributed by atoms with Gasteiger partial charge in [-0.3, -0.25) is 0 Å². The number of hydrogen-bond acceptors (Lipinski definition) is 1. The number of hydrogen-bond donors (Lipinski definition) is 2. The van der Waals surface area contributed by atoms with E-state index in [1.807, 2.05) is 6.92 Å². The van der Waals surface area contributed by atoms with E-state index in [2.05, 4.69) is 23.3 Å². The van der Waals surface area contributed by atoms with Gasteiger partial charge in [0.1, 0.15) is 0 Å². The van der Waals surface area contributed by atoms with E-state index in [1.54, 1.807) is 14.1 Å².